The number of unbranched alkanes of at least 4 members (excludes halogenated alkanes) is 11. The van der Waals surface area contributed by atoms with Gasteiger partial charge >= 0.3 is 5.97 Å². The fraction of sp³-hybridized carbons (Fsp3) is 0.360. The molecule has 0 amide bonds. The Hall–Kier alpha value is -5.63. The average molecular weight is 785 g/mol. The summed E-state index contributed by atoms with van der Waals surface area (Å²) in [5, 5.41) is 0. The number of aromatic nitrogens is 4. The molecule has 5 rings (SSSR count). The van der Waals surface area contributed by atoms with E-state index in [9.17, 15) is 14.0 Å². The molecule has 2 heterocycles. The molecule has 0 N–H and O–H groups in total. The third-order valence-corrected chi connectivity index (χ3v) is 9.71. The van der Waals surface area contributed by atoms with Gasteiger partial charge in [-0.3, -0.25) is 4.79 Å². The second-order valence-electron chi connectivity index (χ2n) is 14.2. The molecule has 0 unspecified atom stereocenters. The Bertz CT molecular complexity index is 1980. The number of carbonyl (C=O) groups is 2. The molecule has 0 aliphatic carbocycles. The van der Waals surface area contributed by atoms with Crippen molar-refractivity contribution < 1.29 is 18.7 Å². The molecular formula is C50H61FN4O3. The Kier molecular flexibility index (Phi) is 21.2. The molecule has 0 aliphatic heterocycles. The monoisotopic (exact) mass is 784 g/mol. The number of ketones is 1. The minimum atomic E-state index is -0.636. The lowest BCUT2D eigenvalue weighted by atomic mass is 10.0. The highest BCUT2D eigenvalue weighted by Crippen LogP contribution is 2.27. The lowest BCUT2D eigenvalue weighted by Gasteiger charge is -2.07. The lowest BCUT2D eigenvalue weighted by Crippen LogP contribution is -2.03. The molecule has 8 heteroatoms. The molecule has 306 valence electrons. The van der Waals surface area contributed by atoms with Crippen LogP contribution in [-0.4, -0.2) is 31.7 Å². The van der Waals surface area contributed by atoms with Crippen molar-refractivity contribution in [1.29, 1.82) is 0 Å². The van der Waals surface area contributed by atoms with Gasteiger partial charge in [0, 0.05) is 64.7 Å². The van der Waals surface area contributed by atoms with Gasteiger partial charge in [0.1, 0.15) is 11.6 Å². The second-order valence-corrected chi connectivity index (χ2v) is 14.2. The van der Waals surface area contributed by atoms with Crippen LogP contribution < -0.4 is 4.74 Å². The number of hydrogen-bond donors (Lipinski definition) is 0. The van der Waals surface area contributed by atoms with Gasteiger partial charge in [0.05, 0.1) is 0 Å². The number of nitrogens with zero attached hydrogens (tertiary/aromatic N) is 4. The summed E-state index contributed by atoms with van der Waals surface area (Å²) in [5.41, 5.74) is 5.88. The quantitative estimate of drug-likeness (QED) is 0.0227. The summed E-state index contributed by atoms with van der Waals surface area (Å²) < 4.78 is 19.4. The Morgan fingerprint density at radius 2 is 1.07 bits per heavy atom. The zero-order valence-corrected chi connectivity index (χ0v) is 33.7. The highest BCUT2D eigenvalue weighted by molar-refractivity contribution is 6.04. The van der Waals surface area contributed by atoms with Gasteiger partial charge in [-0.25, -0.2) is 29.1 Å². The molecule has 0 spiro atoms. The van der Waals surface area contributed by atoms with Gasteiger partial charge in [0.25, 0.3) is 0 Å². The molecule has 0 saturated heterocycles. The summed E-state index contributed by atoms with van der Waals surface area (Å²) in [5.74, 6) is 0.183. The number of benzene rings is 3. The van der Waals surface area contributed by atoms with Crippen LogP contribution in [0.15, 0.2) is 117 Å². The first-order valence-corrected chi connectivity index (χ1v) is 20.5. The third-order valence-electron chi connectivity index (χ3n) is 9.71. The van der Waals surface area contributed by atoms with Crippen molar-refractivity contribution in [2.24, 2.45) is 0 Å². The maximum Gasteiger partial charge on any atom is 0.335 e. The highest BCUT2D eigenvalue weighted by Gasteiger charge is 2.11. The molecule has 7 nitrogen and oxygen atoms in total. The number of hydrogen-bond acceptors (Lipinski definition) is 7. The molecule has 58 heavy (non-hydrogen) atoms. The fourth-order valence-corrected chi connectivity index (χ4v) is 6.32. The topological polar surface area (TPSA) is 94.9 Å². The van der Waals surface area contributed by atoms with Crippen LogP contribution >= 0.6 is 0 Å². The van der Waals surface area contributed by atoms with Gasteiger partial charge in [0.15, 0.2) is 17.4 Å². The number of aryl methyl sites for hydroxylation is 2. The van der Waals surface area contributed by atoms with Crippen molar-refractivity contribution in [2.75, 3.05) is 0 Å². The van der Waals surface area contributed by atoms with E-state index in [0.717, 1.165) is 36.1 Å². The number of esters is 1. The van der Waals surface area contributed by atoms with E-state index < -0.39 is 11.8 Å². The minimum absolute atomic E-state index is 0. The zero-order valence-electron chi connectivity index (χ0n) is 33.7. The van der Waals surface area contributed by atoms with Gasteiger partial charge in [0.2, 0.25) is 0 Å². The molecule has 0 aliphatic rings. The van der Waals surface area contributed by atoms with E-state index in [1.165, 1.54) is 113 Å². The highest BCUT2D eigenvalue weighted by atomic mass is 19.1. The lowest BCUT2D eigenvalue weighted by molar-refractivity contribution is -0.128. The van der Waals surface area contributed by atoms with E-state index in [4.69, 9.17) is 4.74 Å². The van der Waals surface area contributed by atoms with E-state index in [2.05, 4.69) is 59.1 Å². The Morgan fingerprint density at radius 1 is 0.586 bits per heavy atom. The van der Waals surface area contributed by atoms with Crippen molar-refractivity contribution in [3.05, 3.63) is 139 Å². The number of halogens is 1. The van der Waals surface area contributed by atoms with Crippen molar-refractivity contribution in [1.82, 2.24) is 19.9 Å². The van der Waals surface area contributed by atoms with Crippen LogP contribution in [0.2, 0.25) is 0 Å². The van der Waals surface area contributed by atoms with Gasteiger partial charge < -0.3 is 4.74 Å². The summed E-state index contributed by atoms with van der Waals surface area (Å²) in [6.07, 6.45) is 28.5. The van der Waals surface area contributed by atoms with Crippen LogP contribution in [-0.2, 0) is 17.6 Å². The number of ether oxygens (including phenoxy) is 1. The molecule has 0 bridgehead atoms. The SMILES string of the molecule is C.C=CC(=O)Oc1ccc(-c2cnc(-c3ccc(CCCCCCCC)cc3)nc2)c(F)c1.C=CC(=O)c1ccc(-c2ncc(CCCCCCCCC)cn2)cc1. The average Bonchev–Trinajstić information content (AvgIpc) is 3.25. The van der Waals surface area contributed by atoms with Crippen LogP contribution in [0.4, 0.5) is 4.39 Å². The Labute approximate surface area is 346 Å². The van der Waals surface area contributed by atoms with E-state index in [1.54, 1.807) is 24.5 Å². The normalized spacial score (nSPS) is 10.5. The molecule has 0 saturated carbocycles. The maximum atomic E-state index is 14.5. The van der Waals surface area contributed by atoms with Crippen LogP contribution in [0, 0.1) is 5.82 Å². The maximum absolute atomic E-state index is 14.5. The van der Waals surface area contributed by atoms with Crippen molar-refractivity contribution >= 4 is 11.8 Å². The van der Waals surface area contributed by atoms with Gasteiger partial charge in [-0.1, -0.05) is 154 Å². The number of allylic oxidation sites excluding steroid dienone is 1. The molecular weight excluding hydrogens is 724 g/mol. The van der Waals surface area contributed by atoms with E-state index in [0.29, 0.717) is 28.3 Å². The van der Waals surface area contributed by atoms with E-state index >= 15 is 0 Å². The van der Waals surface area contributed by atoms with Gasteiger partial charge in [-0.15, -0.1) is 0 Å². The first-order chi connectivity index (χ1) is 27.8. The fourth-order valence-electron chi connectivity index (χ4n) is 6.32. The van der Waals surface area contributed by atoms with E-state index in [-0.39, 0.29) is 19.0 Å². The Morgan fingerprint density at radius 3 is 1.57 bits per heavy atom. The molecule has 3 aromatic carbocycles. The van der Waals surface area contributed by atoms with Crippen LogP contribution in [0.1, 0.15) is 126 Å². The molecule has 5 aromatic rings. The van der Waals surface area contributed by atoms with Crippen LogP contribution in [0.25, 0.3) is 33.9 Å². The number of rotatable bonds is 22. The van der Waals surface area contributed by atoms with E-state index in [1.807, 2.05) is 36.7 Å². The summed E-state index contributed by atoms with van der Waals surface area (Å²) in [6.45, 7) is 11.3. The summed E-state index contributed by atoms with van der Waals surface area (Å²) in [6, 6.07) is 19.9. The predicted molar refractivity (Wildman–Crippen MR) is 236 cm³/mol. The van der Waals surface area contributed by atoms with Crippen LogP contribution in [0.3, 0.4) is 0 Å². The predicted octanol–water partition coefficient (Wildman–Crippen LogP) is 13.4. The summed E-state index contributed by atoms with van der Waals surface area (Å²) >= 11 is 0. The third kappa shape index (κ3) is 15.7. The molecule has 0 radical (unpaired) electrons. The number of carbonyl (C=O) groups excluding carboxylic acids is 2. The second kappa shape index (κ2) is 26.3. The van der Waals surface area contributed by atoms with Crippen molar-refractivity contribution in [2.45, 2.75) is 118 Å². The molecule has 0 fully saturated rings. The molecule has 2 aromatic heterocycles. The van der Waals surface area contributed by atoms with Crippen molar-refractivity contribution in [3.8, 4) is 39.7 Å². The van der Waals surface area contributed by atoms with Gasteiger partial charge in [-0.05, 0) is 55.0 Å². The standard InChI is InChI=1S/C27H29FN2O2.C22H28N2O.CH4/c1-3-5-6-7-8-9-10-20-11-13-21(14-12-20)27-29-18-22(19-30-27)24-16-15-23(17-25(24)28)32-26(31)4-2;1-3-5-6-7-8-9-10-11-18-16-23-22(24-17-18)20-14-12-19(13-15-20)21(25)4-2;/h4,11-19H,2-3,5-10H2,1H3;4,12-17H,2-3,5-11H2,1H3;1H4. The minimum Gasteiger partial charge on any atom is -0.423 e. The summed E-state index contributed by atoms with van der Waals surface area (Å²) in [7, 11) is 0. The zero-order chi connectivity index (χ0) is 40.7. The first-order valence-electron chi connectivity index (χ1n) is 20.5. The smallest absolute Gasteiger partial charge is 0.335 e. The molecule has 0 atom stereocenters. The van der Waals surface area contributed by atoms with Crippen molar-refractivity contribution in [3.63, 3.8) is 0 Å². The Balaban J connectivity index is 0.000000314. The van der Waals surface area contributed by atoms with Crippen LogP contribution in [0.5, 0.6) is 5.75 Å². The van der Waals surface area contributed by atoms with Gasteiger partial charge in [-0.2, -0.15) is 0 Å². The largest absolute Gasteiger partial charge is 0.423 e. The summed E-state index contributed by atoms with van der Waals surface area (Å²) in [4.78, 5) is 40.6. The first kappa shape index (κ1) is 46.8.